The molecule has 110 valence electrons. The molecule has 2 aromatic carbocycles. The van der Waals surface area contributed by atoms with E-state index in [2.05, 4.69) is 5.32 Å². The van der Waals surface area contributed by atoms with Gasteiger partial charge in [0.15, 0.2) is 6.61 Å². The van der Waals surface area contributed by atoms with E-state index in [9.17, 15) is 13.6 Å². The van der Waals surface area contributed by atoms with Crippen LogP contribution >= 0.6 is 23.2 Å². The number of rotatable bonds is 4. The van der Waals surface area contributed by atoms with Crippen LogP contribution in [0.5, 0.6) is 5.75 Å². The Morgan fingerprint density at radius 3 is 2.57 bits per heavy atom. The Bertz CT molecular complexity index is 680. The van der Waals surface area contributed by atoms with Crippen molar-refractivity contribution in [3.05, 3.63) is 58.1 Å². The summed E-state index contributed by atoms with van der Waals surface area (Å²) in [5, 5.41) is 2.85. The van der Waals surface area contributed by atoms with Gasteiger partial charge in [0.05, 0.1) is 15.7 Å². The molecular formula is C14H9Cl2F2NO2. The van der Waals surface area contributed by atoms with E-state index in [1.54, 1.807) is 0 Å². The minimum absolute atomic E-state index is 0.252. The van der Waals surface area contributed by atoms with Crippen molar-refractivity contribution in [3.63, 3.8) is 0 Å². The molecule has 0 saturated heterocycles. The molecule has 1 amide bonds. The van der Waals surface area contributed by atoms with Crippen LogP contribution in [0, 0.1) is 11.6 Å². The van der Waals surface area contributed by atoms with Gasteiger partial charge in [0.2, 0.25) is 0 Å². The van der Waals surface area contributed by atoms with Crippen LogP contribution in [0.1, 0.15) is 0 Å². The zero-order chi connectivity index (χ0) is 15.4. The fourth-order valence-electron chi connectivity index (χ4n) is 1.50. The van der Waals surface area contributed by atoms with Crippen molar-refractivity contribution in [2.75, 3.05) is 11.9 Å². The number of carbonyl (C=O) groups excluding carboxylic acids is 1. The Morgan fingerprint density at radius 1 is 1.10 bits per heavy atom. The predicted octanol–water partition coefficient (Wildman–Crippen LogP) is 4.29. The Hall–Kier alpha value is -1.85. The van der Waals surface area contributed by atoms with Crippen LogP contribution in [0.3, 0.4) is 0 Å². The Kier molecular flexibility index (Phi) is 4.98. The lowest BCUT2D eigenvalue weighted by Crippen LogP contribution is -2.20. The van der Waals surface area contributed by atoms with Crippen LogP contribution < -0.4 is 10.1 Å². The molecule has 0 radical (unpaired) electrons. The van der Waals surface area contributed by atoms with Crippen molar-refractivity contribution in [3.8, 4) is 5.75 Å². The standard InChI is InChI=1S/C14H9Cl2F2NO2/c15-10-3-2-9(6-11(10)16)21-7-14(20)19-13-5-8(17)1-4-12(13)18/h1-6H,7H2,(H,19,20). The SMILES string of the molecule is O=C(COc1ccc(Cl)c(Cl)c1)Nc1cc(F)ccc1F. The van der Waals surface area contributed by atoms with Crippen LogP contribution in [0.25, 0.3) is 0 Å². The Labute approximate surface area is 129 Å². The summed E-state index contributed by atoms with van der Waals surface area (Å²) < 4.78 is 31.5. The van der Waals surface area contributed by atoms with Crippen LogP contribution in [0.2, 0.25) is 10.0 Å². The Balaban J connectivity index is 1.95. The van der Waals surface area contributed by atoms with Crippen LogP contribution in [-0.2, 0) is 4.79 Å². The molecule has 0 aromatic heterocycles. The average molecular weight is 332 g/mol. The summed E-state index contributed by atoms with van der Waals surface area (Å²) in [4.78, 5) is 11.6. The van der Waals surface area contributed by atoms with Crippen LogP contribution in [0.15, 0.2) is 36.4 Å². The lowest BCUT2D eigenvalue weighted by molar-refractivity contribution is -0.118. The fraction of sp³-hybridized carbons (Fsp3) is 0.0714. The van der Waals surface area contributed by atoms with E-state index in [1.807, 2.05) is 0 Å². The van der Waals surface area contributed by atoms with E-state index < -0.39 is 17.5 Å². The zero-order valence-electron chi connectivity index (χ0n) is 10.5. The summed E-state index contributed by atoms with van der Waals surface area (Å²) >= 11 is 11.5. The monoisotopic (exact) mass is 331 g/mol. The number of nitrogens with one attached hydrogen (secondary N) is 1. The number of anilines is 1. The summed E-state index contributed by atoms with van der Waals surface area (Å²) in [7, 11) is 0. The van der Waals surface area contributed by atoms with Gasteiger partial charge in [-0.15, -0.1) is 0 Å². The van der Waals surface area contributed by atoms with Crippen molar-refractivity contribution in [2.24, 2.45) is 0 Å². The molecule has 0 atom stereocenters. The molecular weight excluding hydrogens is 323 g/mol. The summed E-state index contributed by atoms with van der Waals surface area (Å²) in [6.07, 6.45) is 0. The molecule has 0 spiro atoms. The number of hydrogen-bond acceptors (Lipinski definition) is 2. The third-order valence-electron chi connectivity index (χ3n) is 2.46. The second kappa shape index (κ2) is 6.74. The quantitative estimate of drug-likeness (QED) is 0.907. The molecule has 0 aliphatic rings. The topological polar surface area (TPSA) is 38.3 Å². The second-order valence-corrected chi connectivity index (χ2v) is 4.85. The molecule has 1 N–H and O–H groups in total. The van der Waals surface area contributed by atoms with Gasteiger partial charge in [-0.05, 0) is 24.3 Å². The maximum absolute atomic E-state index is 13.3. The Morgan fingerprint density at radius 2 is 1.86 bits per heavy atom. The summed E-state index contributed by atoms with van der Waals surface area (Å²) in [6.45, 7) is -0.381. The zero-order valence-corrected chi connectivity index (χ0v) is 12.0. The van der Waals surface area contributed by atoms with Crippen LogP contribution in [0.4, 0.5) is 14.5 Å². The van der Waals surface area contributed by atoms with Crippen molar-refractivity contribution < 1.29 is 18.3 Å². The number of benzene rings is 2. The van der Waals surface area contributed by atoms with Crippen molar-refractivity contribution in [1.82, 2.24) is 0 Å². The third kappa shape index (κ3) is 4.31. The number of amides is 1. The smallest absolute Gasteiger partial charge is 0.262 e. The lowest BCUT2D eigenvalue weighted by Gasteiger charge is -2.09. The van der Waals surface area contributed by atoms with E-state index in [0.29, 0.717) is 10.8 Å². The molecule has 0 bridgehead atoms. The minimum atomic E-state index is -0.737. The molecule has 0 aliphatic heterocycles. The predicted molar refractivity (Wildman–Crippen MR) is 76.9 cm³/mol. The highest BCUT2D eigenvalue weighted by Crippen LogP contribution is 2.26. The highest BCUT2D eigenvalue weighted by Gasteiger charge is 2.09. The first-order valence-corrected chi connectivity index (χ1v) is 6.54. The molecule has 0 fully saturated rings. The lowest BCUT2D eigenvalue weighted by atomic mass is 10.3. The normalized spacial score (nSPS) is 10.3. The molecule has 0 heterocycles. The molecule has 2 aromatic rings. The van der Waals surface area contributed by atoms with Gasteiger partial charge >= 0.3 is 0 Å². The van der Waals surface area contributed by atoms with Crippen molar-refractivity contribution in [1.29, 1.82) is 0 Å². The molecule has 0 aliphatic carbocycles. The van der Waals surface area contributed by atoms with Crippen molar-refractivity contribution >= 4 is 34.8 Å². The van der Waals surface area contributed by atoms with Gasteiger partial charge in [0, 0.05) is 12.1 Å². The second-order valence-electron chi connectivity index (χ2n) is 4.04. The van der Waals surface area contributed by atoms with Gasteiger partial charge in [0.1, 0.15) is 17.4 Å². The molecule has 3 nitrogen and oxygen atoms in total. The van der Waals surface area contributed by atoms with E-state index in [0.717, 1.165) is 18.2 Å². The maximum atomic E-state index is 13.3. The average Bonchev–Trinajstić information content (AvgIpc) is 2.44. The van der Waals surface area contributed by atoms with E-state index in [1.165, 1.54) is 18.2 Å². The van der Waals surface area contributed by atoms with Gasteiger partial charge in [-0.2, -0.15) is 0 Å². The molecule has 21 heavy (non-hydrogen) atoms. The minimum Gasteiger partial charge on any atom is -0.484 e. The fourth-order valence-corrected chi connectivity index (χ4v) is 1.78. The largest absolute Gasteiger partial charge is 0.484 e. The molecule has 7 heteroatoms. The number of carbonyl (C=O) groups is 1. The summed E-state index contributed by atoms with van der Waals surface area (Å²) in [5.41, 5.74) is -0.252. The van der Waals surface area contributed by atoms with Crippen molar-refractivity contribution in [2.45, 2.75) is 0 Å². The van der Waals surface area contributed by atoms with Crippen LogP contribution in [-0.4, -0.2) is 12.5 Å². The summed E-state index contributed by atoms with van der Waals surface area (Å²) in [5.74, 6) is -1.69. The first-order chi connectivity index (χ1) is 9.95. The highest BCUT2D eigenvalue weighted by atomic mass is 35.5. The van der Waals surface area contributed by atoms with E-state index in [4.69, 9.17) is 27.9 Å². The number of ether oxygens (including phenoxy) is 1. The van der Waals surface area contributed by atoms with Gasteiger partial charge in [-0.3, -0.25) is 4.79 Å². The first kappa shape index (κ1) is 15.5. The van der Waals surface area contributed by atoms with Gasteiger partial charge in [-0.1, -0.05) is 23.2 Å². The summed E-state index contributed by atoms with van der Waals surface area (Å²) in [6, 6.07) is 7.25. The highest BCUT2D eigenvalue weighted by molar-refractivity contribution is 6.42. The molecule has 0 saturated carbocycles. The molecule has 0 unspecified atom stereocenters. The molecule has 2 rings (SSSR count). The van der Waals surface area contributed by atoms with E-state index in [-0.39, 0.29) is 17.3 Å². The van der Waals surface area contributed by atoms with Gasteiger partial charge in [0.25, 0.3) is 5.91 Å². The van der Waals surface area contributed by atoms with Gasteiger partial charge < -0.3 is 10.1 Å². The van der Waals surface area contributed by atoms with Gasteiger partial charge in [-0.25, -0.2) is 8.78 Å². The number of halogens is 4. The van der Waals surface area contributed by atoms with E-state index >= 15 is 0 Å². The maximum Gasteiger partial charge on any atom is 0.262 e. The first-order valence-electron chi connectivity index (χ1n) is 5.78. The third-order valence-corrected chi connectivity index (χ3v) is 3.20. The number of hydrogen-bond donors (Lipinski definition) is 1.